The molecule has 166 valence electrons. The fourth-order valence-corrected chi connectivity index (χ4v) is 6.35. The minimum Gasteiger partial charge on any atom is -0.378 e. The maximum absolute atomic E-state index is 13.2. The van der Waals surface area contributed by atoms with Crippen LogP contribution in [-0.4, -0.2) is 73.1 Å². The third kappa shape index (κ3) is 4.84. The molecular formula is C20H23N3O5S3. The molecule has 31 heavy (non-hydrogen) atoms. The van der Waals surface area contributed by atoms with Crippen LogP contribution in [0.4, 0.5) is 0 Å². The number of rotatable bonds is 7. The van der Waals surface area contributed by atoms with E-state index < -0.39 is 22.0 Å². The predicted molar refractivity (Wildman–Crippen MR) is 119 cm³/mol. The van der Waals surface area contributed by atoms with Crippen molar-refractivity contribution < 1.29 is 22.7 Å². The molecule has 2 aliphatic rings. The number of morpholine rings is 1. The molecule has 2 amide bonds. The van der Waals surface area contributed by atoms with E-state index in [1.165, 1.54) is 28.9 Å². The molecule has 0 aliphatic carbocycles. The Morgan fingerprint density at radius 2 is 1.42 bits per heavy atom. The summed E-state index contributed by atoms with van der Waals surface area (Å²) in [4.78, 5) is 30.1. The highest BCUT2D eigenvalue weighted by Crippen LogP contribution is 2.25. The van der Waals surface area contributed by atoms with Gasteiger partial charge >= 0.3 is 10.2 Å². The van der Waals surface area contributed by atoms with Gasteiger partial charge in [-0.1, -0.05) is 12.1 Å². The van der Waals surface area contributed by atoms with Gasteiger partial charge in [0.1, 0.15) is 5.57 Å². The Kier molecular flexibility index (Phi) is 6.75. The van der Waals surface area contributed by atoms with Gasteiger partial charge in [0.05, 0.1) is 13.2 Å². The molecule has 2 saturated heterocycles. The smallest absolute Gasteiger partial charge is 0.331 e. The van der Waals surface area contributed by atoms with Crippen molar-refractivity contribution >= 4 is 44.7 Å². The van der Waals surface area contributed by atoms with Crippen molar-refractivity contribution in [3.05, 3.63) is 56.6 Å². The van der Waals surface area contributed by atoms with Gasteiger partial charge in [0.25, 0.3) is 11.8 Å². The first-order valence-electron chi connectivity index (χ1n) is 9.94. The Morgan fingerprint density at radius 1 is 0.903 bits per heavy atom. The number of carbonyl (C=O) groups excluding carboxylic acids is 2. The quantitative estimate of drug-likeness (QED) is 0.442. The summed E-state index contributed by atoms with van der Waals surface area (Å²) in [5, 5.41) is 3.81. The number of nitrogens with zero attached hydrogens (tertiary/aromatic N) is 3. The average molecular weight is 482 g/mol. The molecule has 2 aliphatic heterocycles. The summed E-state index contributed by atoms with van der Waals surface area (Å²) in [6.07, 6.45) is 2.30. The number of carbonyl (C=O) groups is 2. The van der Waals surface area contributed by atoms with Crippen molar-refractivity contribution in [3.63, 3.8) is 0 Å². The number of amides is 2. The lowest BCUT2D eigenvalue weighted by Crippen LogP contribution is -2.57. The normalized spacial score (nSPS) is 19.2. The molecule has 2 aromatic heterocycles. The first-order valence-corrected chi connectivity index (χ1v) is 13.1. The molecule has 0 unspecified atom stereocenters. The molecule has 8 nitrogen and oxygen atoms in total. The Balaban J connectivity index is 1.62. The van der Waals surface area contributed by atoms with Crippen molar-refractivity contribution in [2.45, 2.75) is 12.8 Å². The SMILES string of the molecule is O=C1C(=CN2CCOCC2)C(=O)N(CCc2cccs2)S(=O)(=O)N1CCc1cccs1. The molecule has 11 heteroatoms. The van der Waals surface area contributed by atoms with Gasteiger partial charge in [0.2, 0.25) is 0 Å². The van der Waals surface area contributed by atoms with E-state index in [2.05, 4.69) is 0 Å². The summed E-state index contributed by atoms with van der Waals surface area (Å²) in [5.74, 6) is -1.53. The summed E-state index contributed by atoms with van der Waals surface area (Å²) in [6.45, 7) is 2.06. The molecule has 2 aromatic rings. The van der Waals surface area contributed by atoms with E-state index >= 15 is 0 Å². The molecule has 0 spiro atoms. The molecule has 4 rings (SSSR count). The van der Waals surface area contributed by atoms with Crippen LogP contribution in [0.1, 0.15) is 9.75 Å². The second-order valence-electron chi connectivity index (χ2n) is 7.11. The Bertz CT molecular complexity index is 976. The van der Waals surface area contributed by atoms with Gasteiger partial charge in [-0.15, -0.1) is 22.7 Å². The van der Waals surface area contributed by atoms with Gasteiger partial charge in [-0.05, 0) is 22.9 Å². The van der Waals surface area contributed by atoms with Gasteiger partial charge in [-0.2, -0.15) is 8.42 Å². The molecule has 4 heterocycles. The molecule has 2 fully saturated rings. The summed E-state index contributed by atoms with van der Waals surface area (Å²) in [5.41, 5.74) is -0.117. The van der Waals surface area contributed by atoms with E-state index in [4.69, 9.17) is 4.74 Å². The van der Waals surface area contributed by atoms with Gasteiger partial charge in [0, 0.05) is 55.0 Å². The van der Waals surface area contributed by atoms with E-state index in [0.717, 1.165) is 18.4 Å². The van der Waals surface area contributed by atoms with Crippen molar-refractivity contribution in [2.24, 2.45) is 0 Å². The first-order chi connectivity index (χ1) is 15.0. The number of hydrogen-bond donors (Lipinski definition) is 0. The van der Waals surface area contributed by atoms with Crippen LogP contribution in [0.2, 0.25) is 0 Å². The highest BCUT2D eigenvalue weighted by atomic mass is 32.2. The van der Waals surface area contributed by atoms with Crippen molar-refractivity contribution in [1.82, 2.24) is 13.5 Å². The van der Waals surface area contributed by atoms with Crippen molar-refractivity contribution in [1.29, 1.82) is 0 Å². The summed E-state index contributed by atoms with van der Waals surface area (Å²) in [6, 6.07) is 7.56. The van der Waals surface area contributed by atoms with Crippen LogP contribution in [0.3, 0.4) is 0 Å². The van der Waals surface area contributed by atoms with Crippen LogP contribution in [0.25, 0.3) is 0 Å². The van der Waals surface area contributed by atoms with Gasteiger partial charge in [-0.25, -0.2) is 8.61 Å². The van der Waals surface area contributed by atoms with E-state index in [-0.39, 0.29) is 18.7 Å². The molecule has 0 N–H and O–H groups in total. The number of thiophene rings is 2. The van der Waals surface area contributed by atoms with E-state index in [1.54, 1.807) is 0 Å². The van der Waals surface area contributed by atoms with E-state index in [0.29, 0.717) is 39.1 Å². The molecule has 0 atom stereocenters. The van der Waals surface area contributed by atoms with Crippen molar-refractivity contribution in [3.8, 4) is 0 Å². The third-order valence-corrected chi connectivity index (χ3v) is 8.79. The second-order valence-corrected chi connectivity index (χ2v) is 11.0. The predicted octanol–water partition coefficient (Wildman–Crippen LogP) is 1.73. The highest BCUT2D eigenvalue weighted by Gasteiger charge is 2.46. The summed E-state index contributed by atoms with van der Waals surface area (Å²) >= 11 is 3.01. The zero-order valence-electron chi connectivity index (χ0n) is 16.8. The topological polar surface area (TPSA) is 87.2 Å². The Hall–Kier alpha value is -2.21. The fourth-order valence-electron chi connectivity index (χ4n) is 3.46. The van der Waals surface area contributed by atoms with E-state index in [1.807, 2.05) is 39.9 Å². The molecule has 0 saturated carbocycles. The Morgan fingerprint density at radius 3 is 1.87 bits per heavy atom. The van der Waals surface area contributed by atoms with Crippen molar-refractivity contribution in [2.75, 3.05) is 39.4 Å². The van der Waals surface area contributed by atoms with Crippen LogP contribution in [0.5, 0.6) is 0 Å². The van der Waals surface area contributed by atoms with Crippen LogP contribution < -0.4 is 0 Å². The largest absolute Gasteiger partial charge is 0.378 e. The standard InChI is InChI=1S/C20H23N3O5S3/c24-19-18(15-21-9-11-28-12-10-21)20(25)23(8-6-17-4-2-14-30-17)31(26,27)22(19)7-5-16-3-1-13-29-16/h1-4,13-15H,5-12H2. The fraction of sp³-hybridized carbons (Fsp3) is 0.400. The van der Waals surface area contributed by atoms with Gasteiger partial charge < -0.3 is 9.64 Å². The number of ether oxygens (including phenoxy) is 1. The zero-order chi connectivity index (χ0) is 21.8. The van der Waals surface area contributed by atoms with Crippen LogP contribution in [0, 0.1) is 0 Å². The maximum Gasteiger partial charge on any atom is 0.331 e. The van der Waals surface area contributed by atoms with Crippen LogP contribution >= 0.6 is 22.7 Å². The minimum atomic E-state index is -4.25. The average Bonchev–Trinajstić information content (AvgIpc) is 3.46. The second kappa shape index (κ2) is 9.51. The highest BCUT2D eigenvalue weighted by molar-refractivity contribution is 7.88. The Labute approximate surface area is 189 Å². The molecule has 0 bridgehead atoms. The van der Waals surface area contributed by atoms with Gasteiger partial charge in [0.15, 0.2) is 0 Å². The lowest BCUT2D eigenvalue weighted by molar-refractivity contribution is -0.132. The van der Waals surface area contributed by atoms with E-state index in [9.17, 15) is 18.0 Å². The van der Waals surface area contributed by atoms with Crippen LogP contribution in [0.15, 0.2) is 46.8 Å². The minimum absolute atomic E-state index is 0.00901. The number of hydrogen-bond acceptors (Lipinski definition) is 8. The monoisotopic (exact) mass is 481 g/mol. The molecule has 0 radical (unpaired) electrons. The van der Waals surface area contributed by atoms with Crippen LogP contribution in [-0.2, 0) is 37.4 Å². The molecular weight excluding hydrogens is 458 g/mol. The molecule has 0 aromatic carbocycles. The zero-order valence-corrected chi connectivity index (χ0v) is 19.3. The summed E-state index contributed by atoms with van der Waals surface area (Å²) in [7, 11) is -4.25. The first kappa shape index (κ1) is 22.0. The maximum atomic E-state index is 13.2. The summed E-state index contributed by atoms with van der Waals surface area (Å²) < 4.78 is 33.5. The lowest BCUT2D eigenvalue weighted by atomic mass is 10.2. The third-order valence-electron chi connectivity index (χ3n) is 5.11. The lowest BCUT2D eigenvalue weighted by Gasteiger charge is -2.36. The van der Waals surface area contributed by atoms with Gasteiger partial charge in [-0.3, -0.25) is 9.59 Å².